The van der Waals surface area contributed by atoms with Gasteiger partial charge < -0.3 is 29.9 Å². The number of hydrogen-bond donors (Lipinski definition) is 4. The highest BCUT2D eigenvalue weighted by Gasteiger charge is 2.43. The van der Waals surface area contributed by atoms with E-state index in [1.165, 1.54) is 12.1 Å². The Bertz CT molecular complexity index is 561. The van der Waals surface area contributed by atoms with E-state index in [1.807, 2.05) is 0 Å². The zero-order chi connectivity index (χ0) is 18.1. The van der Waals surface area contributed by atoms with Gasteiger partial charge in [-0.2, -0.15) is 0 Å². The maximum atomic E-state index is 12.0. The fraction of sp³-hybridized carbons (Fsp3) is 0.588. The average molecular weight is 340 g/mol. The topological polar surface area (TPSA) is 116 Å². The number of carbonyl (C=O) groups is 1. The molecule has 0 amide bonds. The minimum Gasteiger partial charge on any atom is -0.456 e. The van der Waals surface area contributed by atoms with E-state index in [4.69, 9.17) is 9.47 Å². The van der Waals surface area contributed by atoms with Gasteiger partial charge in [0.2, 0.25) is 0 Å². The highest BCUT2D eigenvalue weighted by Crippen LogP contribution is 2.32. The van der Waals surface area contributed by atoms with Crippen LogP contribution in [0.25, 0.3) is 0 Å². The normalized spacial score (nSPS) is 30.9. The number of hydrogen-bond acceptors (Lipinski definition) is 7. The lowest BCUT2D eigenvalue weighted by Crippen LogP contribution is -2.55. The van der Waals surface area contributed by atoms with Crippen molar-refractivity contribution in [2.75, 3.05) is 6.61 Å². The molecule has 24 heavy (non-hydrogen) atoms. The quantitative estimate of drug-likeness (QED) is 0.579. The van der Waals surface area contributed by atoms with Crippen molar-refractivity contribution in [3.8, 4) is 0 Å². The summed E-state index contributed by atoms with van der Waals surface area (Å²) in [6, 6.07) is 6.22. The van der Waals surface area contributed by atoms with E-state index in [0.717, 1.165) is 0 Å². The van der Waals surface area contributed by atoms with Crippen molar-refractivity contribution < 1.29 is 34.7 Å². The molecule has 0 saturated carbocycles. The molecule has 4 N–H and O–H groups in total. The Kier molecular flexibility index (Phi) is 5.62. The van der Waals surface area contributed by atoms with Gasteiger partial charge in [0, 0.05) is 0 Å². The smallest absolute Gasteiger partial charge is 0.338 e. The van der Waals surface area contributed by atoms with Crippen LogP contribution in [0.2, 0.25) is 0 Å². The summed E-state index contributed by atoms with van der Waals surface area (Å²) in [6.45, 7) is 4.82. The summed E-state index contributed by atoms with van der Waals surface area (Å²) in [5, 5.41) is 38.9. The number of rotatable bonds is 3. The summed E-state index contributed by atoms with van der Waals surface area (Å²) < 4.78 is 10.7. The van der Waals surface area contributed by atoms with Crippen LogP contribution in [-0.4, -0.2) is 63.0 Å². The predicted octanol–water partition coefficient (Wildman–Crippen LogP) is 0.157. The third kappa shape index (κ3) is 4.12. The average Bonchev–Trinajstić information content (AvgIpc) is 2.52. The first kappa shape index (κ1) is 18.8. The van der Waals surface area contributed by atoms with Crippen LogP contribution in [0.5, 0.6) is 0 Å². The Labute approximate surface area is 140 Å². The second-order valence-corrected chi connectivity index (χ2v) is 6.87. The van der Waals surface area contributed by atoms with E-state index in [-0.39, 0.29) is 0 Å². The van der Waals surface area contributed by atoms with Crippen LogP contribution in [0.4, 0.5) is 0 Å². The Morgan fingerprint density at radius 1 is 1.08 bits per heavy atom. The zero-order valence-electron chi connectivity index (χ0n) is 13.9. The molecule has 2 rings (SSSR count). The number of aliphatic hydroxyl groups excluding tert-OH is 4. The first-order valence-corrected chi connectivity index (χ1v) is 7.78. The molecule has 0 aliphatic carbocycles. The van der Waals surface area contributed by atoms with E-state index in [2.05, 4.69) is 0 Å². The Hall–Kier alpha value is -1.51. The highest BCUT2D eigenvalue weighted by atomic mass is 16.6. The number of ether oxygens (including phenoxy) is 2. The molecule has 1 aromatic carbocycles. The molecular weight excluding hydrogens is 316 g/mol. The molecule has 1 aliphatic rings. The number of aliphatic hydroxyl groups is 4. The Morgan fingerprint density at radius 2 is 1.67 bits per heavy atom. The lowest BCUT2D eigenvalue weighted by atomic mass is 9.91. The van der Waals surface area contributed by atoms with Crippen LogP contribution < -0.4 is 0 Å². The first-order valence-electron chi connectivity index (χ1n) is 7.78. The minimum atomic E-state index is -1.44. The highest BCUT2D eigenvalue weighted by molar-refractivity contribution is 5.89. The van der Waals surface area contributed by atoms with Gasteiger partial charge in [0.05, 0.1) is 12.2 Å². The van der Waals surface area contributed by atoms with E-state index >= 15 is 0 Å². The third-order valence-corrected chi connectivity index (χ3v) is 3.77. The van der Waals surface area contributed by atoms with Gasteiger partial charge in [-0.3, -0.25) is 0 Å². The summed E-state index contributed by atoms with van der Waals surface area (Å²) in [4.78, 5) is 12.0. The fourth-order valence-electron chi connectivity index (χ4n) is 2.52. The third-order valence-electron chi connectivity index (χ3n) is 3.77. The van der Waals surface area contributed by atoms with Gasteiger partial charge in [-0.05, 0) is 38.5 Å². The largest absolute Gasteiger partial charge is 0.456 e. The van der Waals surface area contributed by atoms with Gasteiger partial charge in [0.15, 0.2) is 0 Å². The van der Waals surface area contributed by atoms with Crippen molar-refractivity contribution in [3.05, 3.63) is 35.4 Å². The fourth-order valence-corrected chi connectivity index (χ4v) is 2.52. The molecule has 7 heteroatoms. The molecule has 0 bridgehead atoms. The van der Waals surface area contributed by atoms with E-state index in [0.29, 0.717) is 11.1 Å². The zero-order valence-corrected chi connectivity index (χ0v) is 13.9. The van der Waals surface area contributed by atoms with Crippen LogP contribution >= 0.6 is 0 Å². The Morgan fingerprint density at radius 3 is 2.17 bits per heavy atom. The monoisotopic (exact) mass is 340 g/mol. The molecule has 1 aliphatic heterocycles. The van der Waals surface area contributed by atoms with Gasteiger partial charge in [0.1, 0.15) is 36.1 Å². The van der Waals surface area contributed by atoms with Gasteiger partial charge >= 0.3 is 5.97 Å². The van der Waals surface area contributed by atoms with Crippen molar-refractivity contribution in [2.24, 2.45) is 0 Å². The summed E-state index contributed by atoms with van der Waals surface area (Å²) in [5.41, 5.74) is 0.255. The van der Waals surface area contributed by atoms with Crippen LogP contribution in [-0.2, 0) is 9.47 Å². The molecule has 1 fully saturated rings. The summed E-state index contributed by atoms with van der Waals surface area (Å²) >= 11 is 0. The lowest BCUT2D eigenvalue weighted by Gasteiger charge is -2.40. The first-order chi connectivity index (χ1) is 11.1. The van der Waals surface area contributed by atoms with Crippen LogP contribution in [0, 0.1) is 0 Å². The second kappa shape index (κ2) is 7.16. The van der Waals surface area contributed by atoms with Crippen molar-refractivity contribution in [3.63, 3.8) is 0 Å². The molecule has 1 aromatic rings. The van der Waals surface area contributed by atoms with E-state index in [1.54, 1.807) is 32.9 Å². The van der Waals surface area contributed by atoms with Crippen molar-refractivity contribution in [2.45, 2.75) is 56.9 Å². The standard InChI is InChI=1S/C17H24O7/c1-17(2,3)24-16(22)10-6-4-9(5-7-10)15-14(21)13(20)12(19)11(8-18)23-15/h4-7,11-15,18-21H,8H2,1-3H3/t11-,12-,13+,14-,15+/m1/s1. The van der Waals surface area contributed by atoms with Crippen molar-refractivity contribution in [1.82, 2.24) is 0 Å². The van der Waals surface area contributed by atoms with E-state index in [9.17, 15) is 25.2 Å². The maximum absolute atomic E-state index is 12.0. The summed E-state index contributed by atoms with van der Waals surface area (Å²) in [6.07, 6.45) is -6.09. The van der Waals surface area contributed by atoms with Gasteiger partial charge in [-0.1, -0.05) is 12.1 Å². The number of esters is 1. The molecule has 1 heterocycles. The number of benzene rings is 1. The minimum absolute atomic E-state index is 0.346. The van der Waals surface area contributed by atoms with Gasteiger partial charge in [0.25, 0.3) is 0 Å². The van der Waals surface area contributed by atoms with Crippen LogP contribution in [0.3, 0.4) is 0 Å². The molecular formula is C17H24O7. The van der Waals surface area contributed by atoms with E-state index < -0.39 is 48.7 Å². The molecule has 7 nitrogen and oxygen atoms in total. The SMILES string of the molecule is CC(C)(C)OC(=O)c1ccc([C@@H]2O[C@H](CO)[C@@H](O)[C@H](O)[C@H]2O)cc1. The lowest BCUT2D eigenvalue weighted by molar-refractivity contribution is -0.231. The Balaban J connectivity index is 2.16. The molecule has 0 unspecified atom stereocenters. The van der Waals surface area contributed by atoms with Crippen molar-refractivity contribution in [1.29, 1.82) is 0 Å². The molecule has 5 atom stereocenters. The number of carbonyl (C=O) groups excluding carboxylic acids is 1. The molecule has 0 aromatic heterocycles. The molecule has 0 spiro atoms. The molecule has 0 radical (unpaired) electrons. The van der Waals surface area contributed by atoms with Crippen LogP contribution in [0.15, 0.2) is 24.3 Å². The van der Waals surface area contributed by atoms with Gasteiger partial charge in [-0.15, -0.1) is 0 Å². The molecule has 134 valence electrons. The van der Waals surface area contributed by atoms with Crippen LogP contribution in [0.1, 0.15) is 42.8 Å². The van der Waals surface area contributed by atoms with Gasteiger partial charge in [-0.25, -0.2) is 4.79 Å². The predicted molar refractivity (Wildman–Crippen MR) is 84.3 cm³/mol. The summed E-state index contributed by atoms with van der Waals surface area (Å²) in [7, 11) is 0. The maximum Gasteiger partial charge on any atom is 0.338 e. The second-order valence-electron chi connectivity index (χ2n) is 6.87. The van der Waals surface area contributed by atoms with Crippen molar-refractivity contribution >= 4 is 5.97 Å². The molecule has 1 saturated heterocycles. The summed E-state index contributed by atoms with van der Waals surface area (Å²) in [5.74, 6) is -0.470.